The van der Waals surface area contributed by atoms with Gasteiger partial charge in [0.1, 0.15) is 5.75 Å². The van der Waals surface area contributed by atoms with Crippen molar-refractivity contribution in [2.24, 2.45) is 5.73 Å². The van der Waals surface area contributed by atoms with Crippen molar-refractivity contribution in [2.45, 2.75) is 32.2 Å². The van der Waals surface area contributed by atoms with Gasteiger partial charge in [0.2, 0.25) is 0 Å². The molecular formula is C13H19ClN2O2. The van der Waals surface area contributed by atoms with Crippen molar-refractivity contribution in [1.82, 2.24) is 5.32 Å². The largest absolute Gasteiger partial charge is 0.508 e. The first-order valence-corrected chi connectivity index (χ1v) is 6.45. The lowest BCUT2D eigenvalue weighted by molar-refractivity contribution is 0.0935. The van der Waals surface area contributed by atoms with Gasteiger partial charge < -0.3 is 16.2 Å². The summed E-state index contributed by atoms with van der Waals surface area (Å²) in [6.45, 7) is 2.48. The summed E-state index contributed by atoms with van der Waals surface area (Å²) in [4.78, 5) is 12.0. The third-order valence-electron chi connectivity index (χ3n) is 2.72. The van der Waals surface area contributed by atoms with Gasteiger partial charge in [0, 0.05) is 12.6 Å². The van der Waals surface area contributed by atoms with E-state index < -0.39 is 0 Å². The molecule has 100 valence electrons. The van der Waals surface area contributed by atoms with E-state index in [4.69, 9.17) is 17.3 Å². The van der Waals surface area contributed by atoms with Crippen LogP contribution in [-0.2, 0) is 0 Å². The topological polar surface area (TPSA) is 75.3 Å². The second-order valence-corrected chi connectivity index (χ2v) is 4.62. The SMILES string of the molecule is CCCCC(CN)NC(=O)c1cc(O)ccc1Cl. The predicted octanol–water partition coefficient (Wildman–Crippen LogP) is 2.29. The van der Waals surface area contributed by atoms with Crippen molar-refractivity contribution < 1.29 is 9.90 Å². The van der Waals surface area contributed by atoms with Crippen molar-refractivity contribution in [3.8, 4) is 5.75 Å². The van der Waals surface area contributed by atoms with Crippen molar-refractivity contribution in [3.05, 3.63) is 28.8 Å². The minimum atomic E-state index is -0.303. The summed E-state index contributed by atoms with van der Waals surface area (Å²) < 4.78 is 0. The van der Waals surface area contributed by atoms with Gasteiger partial charge in [-0.15, -0.1) is 0 Å². The van der Waals surface area contributed by atoms with Crippen LogP contribution < -0.4 is 11.1 Å². The summed E-state index contributed by atoms with van der Waals surface area (Å²) in [7, 11) is 0. The zero-order valence-corrected chi connectivity index (χ0v) is 11.2. The molecule has 0 aliphatic heterocycles. The molecule has 0 aliphatic carbocycles. The van der Waals surface area contributed by atoms with Crippen molar-refractivity contribution >= 4 is 17.5 Å². The van der Waals surface area contributed by atoms with Crippen LogP contribution in [0.25, 0.3) is 0 Å². The van der Waals surface area contributed by atoms with Gasteiger partial charge in [-0.25, -0.2) is 0 Å². The van der Waals surface area contributed by atoms with Crippen molar-refractivity contribution in [3.63, 3.8) is 0 Å². The molecule has 1 unspecified atom stereocenters. The zero-order valence-electron chi connectivity index (χ0n) is 10.4. The van der Waals surface area contributed by atoms with Gasteiger partial charge in [-0.2, -0.15) is 0 Å². The number of benzene rings is 1. The van der Waals surface area contributed by atoms with Crippen LogP contribution in [0.5, 0.6) is 5.75 Å². The van der Waals surface area contributed by atoms with E-state index in [9.17, 15) is 9.90 Å². The fourth-order valence-corrected chi connectivity index (χ4v) is 1.85. The average molecular weight is 271 g/mol. The molecular weight excluding hydrogens is 252 g/mol. The molecule has 0 spiro atoms. The molecule has 4 nitrogen and oxygen atoms in total. The van der Waals surface area contributed by atoms with E-state index in [0.29, 0.717) is 11.6 Å². The zero-order chi connectivity index (χ0) is 13.5. The van der Waals surface area contributed by atoms with E-state index in [1.54, 1.807) is 0 Å². The number of aromatic hydroxyl groups is 1. The molecule has 0 aliphatic rings. The Labute approximate surface area is 112 Å². The minimum Gasteiger partial charge on any atom is -0.508 e. The van der Waals surface area contributed by atoms with Crippen LogP contribution >= 0.6 is 11.6 Å². The molecule has 0 fully saturated rings. The Morgan fingerprint density at radius 1 is 1.56 bits per heavy atom. The fraction of sp³-hybridized carbons (Fsp3) is 0.462. The molecule has 5 heteroatoms. The Balaban J connectivity index is 2.71. The van der Waals surface area contributed by atoms with Crippen LogP contribution in [0, 0.1) is 0 Å². The molecule has 0 bridgehead atoms. The number of rotatable bonds is 6. The summed E-state index contributed by atoms with van der Waals surface area (Å²) in [6.07, 6.45) is 2.91. The Kier molecular flexibility index (Phi) is 5.95. The Bertz CT molecular complexity index is 410. The molecule has 18 heavy (non-hydrogen) atoms. The van der Waals surface area contributed by atoms with Gasteiger partial charge in [-0.05, 0) is 24.6 Å². The van der Waals surface area contributed by atoms with Gasteiger partial charge >= 0.3 is 0 Å². The number of carbonyl (C=O) groups is 1. The molecule has 4 N–H and O–H groups in total. The maximum Gasteiger partial charge on any atom is 0.253 e. The quantitative estimate of drug-likeness (QED) is 0.742. The molecule has 0 aromatic heterocycles. The fourth-order valence-electron chi connectivity index (χ4n) is 1.65. The van der Waals surface area contributed by atoms with Crippen LogP contribution in [0.15, 0.2) is 18.2 Å². The third-order valence-corrected chi connectivity index (χ3v) is 3.05. The van der Waals surface area contributed by atoms with Crippen LogP contribution in [0.4, 0.5) is 0 Å². The third kappa shape index (κ3) is 4.20. The number of nitrogens with two attached hydrogens (primary N) is 1. The Morgan fingerprint density at radius 3 is 2.89 bits per heavy atom. The highest BCUT2D eigenvalue weighted by Crippen LogP contribution is 2.21. The van der Waals surface area contributed by atoms with Crippen LogP contribution in [0.3, 0.4) is 0 Å². The Morgan fingerprint density at radius 2 is 2.28 bits per heavy atom. The maximum atomic E-state index is 12.0. The molecule has 1 rings (SSSR count). The first-order chi connectivity index (χ1) is 8.58. The number of unbranched alkanes of at least 4 members (excludes halogenated alkanes) is 1. The van der Waals surface area contributed by atoms with Crippen LogP contribution in [0.1, 0.15) is 36.5 Å². The van der Waals surface area contributed by atoms with Gasteiger partial charge in [-0.1, -0.05) is 31.4 Å². The lowest BCUT2D eigenvalue weighted by Gasteiger charge is -2.17. The molecule has 1 aromatic rings. The number of amides is 1. The number of nitrogens with one attached hydrogen (secondary N) is 1. The van der Waals surface area contributed by atoms with Crippen LogP contribution in [0.2, 0.25) is 5.02 Å². The number of hydrogen-bond acceptors (Lipinski definition) is 3. The number of hydrogen-bond donors (Lipinski definition) is 3. The summed E-state index contributed by atoms with van der Waals surface area (Å²) in [5.74, 6) is -0.287. The van der Waals surface area contributed by atoms with E-state index in [-0.39, 0.29) is 23.3 Å². The summed E-state index contributed by atoms with van der Waals surface area (Å²) in [6, 6.07) is 4.23. The van der Waals surface area contributed by atoms with Gasteiger partial charge in [0.05, 0.1) is 10.6 Å². The van der Waals surface area contributed by atoms with Gasteiger partial charge in [0.15, 0.2) is 0 Å². The lowest BCUT2D eigenvalue weighted by Crippen LogP contribution is -2.40. The highest BCUT2D eigenvalue weighted by Gasteiger charge is 2.15. The first kappa shape index (κ1) is 14.8. The highest BCUT2D eigenvalue weighted by atomic mass is 35.5. The number of carbonyl (C=O) groups excluding carboxylic acids is 1. The second-order valence-electron chi connectivity index (χ2n) is 4.21. The molecule has 0 saturated heterocycles. The predicted molar refractivity (Wildman–Crippen MR) is 73.0 cm³/mol. The van der Waals surface area contributed by atoms with Gasteiger partial charge in [0.25, 0.3) is 5.91 Å². The van der Waals surface area contributed by atoms with E-state index in [1.807, 2.05) is 0 Å². The molecule has 0 heterocycles. The summed E-state index contributed by atoms with van der Waals surface area (Å²) >= 11 is 5.92. The standard InChI is InChI=1S/C13H19ClN2O2/c1-2-3-4-9(8-15)16-13(18)11-7-10(17)5-6-12(11)14/h5-7,9,17H,2-4,8,15H2,1H3,(H,16,18). The van der Waals surface area contributed by atoms with Gasteiger partial charge in [-0.3, -0.25) is 4.79 Å². The molecule has 1 atom stereocenters. The summed E-state index contributed by atoms with van der Waals surface area (Å²) in [5, 5.41) is 12.5. The average Bonchev–Trinajstić information content (AvgIpc) is 2.37. The maximum absolute atomic E-state index is 12.0. The number of halogens is 1. The number of phenols is 1. The second kappa shape index (κ2) is 7.24. The molecule has 0 saturated carbocycles. The normalized spacial score (nSPS) is 12.2. The van der Waals surface area contributed by atoms with Crippen molar-refractivity contribution in [2.75, 3.05) is 6.54 Å². The smallest absolute Gasteiger partial charge is 0.253 e. The molecule has 1 amide bonds. The minimum absolute atomic E-state index is 0.0161. The van der Waals surface area contributed by atoms with E-state index >= 15 is 0 Å². The highest BCUT2D eigenvalue weighted by molar-refractivity contribution is 6.33. The van der Waals surface area contributed by atoms with E-state index in [0.717, 1.165) is 19.3 Å². The van der Waals surface area contributed by atoms with Crippen LogP contribution in [-0.4, -0.2) is 23.6 Å². The van der Waals surface area contributed by atoms with E-state index in [2.05, 4.69) is 12.2 Å². The molecule has 1 aromatic carbocycles. The Hall–Kier alpha value is -1.26. The monoisotopic (exact) mass is 270 g/mol. The lowest BCUT2D eigenvalue weighted by atomic mass is 10.1. The first-order valence-electron chi connectivity index (χ1n) is 6.08. The van der Waals surface area contributed by atoms with Crippen molar-refractivity contribution in [1.29, 1.82) is 0 Å². The summed E-state index contributed by atoms with van der Waals surface area (Å²) in [5.41, 5.74) is 5.88. The number of phenolic OH excluding ortho intramolecular Hbond substituents is 1. The van der Waals surface area contributed by atoms with E-state index in [1.165, 1.54) is 18.2 Å². The molecule has 0 radical (unpaired) electrons.